The summed E-state index contributed by atoms with van der Waals surface area (Å²) in [5.74, 6) is -10.6. The Balaban J connectivity index is 6.32. The van der Waals surface area contributed by atoms with Crippen molar-refractivity contribution in [3.63, 3.8) is 0 Å². The number of carbonyl (C=O) groups excluding carboxylic acids is 7. The molecule has 0 fully saturated rings. The Morgan fingerprint density at radius 2 is 1.02 bits per heavy atom. The number of nitrogens with zero attached hydrogens (tertiary/aromatic N) is 2. The zero-order valence-electron chi connectivity index (χ0n) is 37.0. The number of aliphatic carboxylic acids is 2. The van der Waals surface area contributed by atoms with Gasteiger partial charge >= 0.3 is 11.9 Å². The van der Waals surface area contributed by atoms with Crippen LogP contribution in [0.25, 0.3) is 0 Å². The number of amides is 7. The molecule has 25 heteroatoms. The van der Waals surface area contributed by atoms with Crippen LogP contribution in [0.5, 0.6) is 0 Å². The molecule has 0 aromatic rings. The highest BCUT2D eigenvalue weighted by molar-refractivity contribution is 5.98. The maximum atomic E-state index is 13.9. The van der Waals surface area contributed by atoms with E-state index in [1.54, 1.807) is 41.5 Å². The monoisotopic (exact) mass is 899 g/mol. The fraction of sp³-hybridized carbons (Fsp3) is 0.711. The molecule has 8 atom stereocenters. The molecule has 0 aliphatic rings. The molecule has 63 heavy (non-hydrogen) atoms. The summed E-state index contributed by atoms with van der Waals surface area (Å²) in [6, 6.07) is -9.59. The normalized spacial score (nSPS) is 14.8. The first-order chi connectivity index (χ1) is 29.3. The van der Waals surface area contributed by atoms with Gasteiger partial charge in [0.1, 0.15) is 36.3 Å². The second-order valence-corrected chi connectivity index (χ2v) is 15.9. The average molecular weight is 899 g/mol. The van der Waals surface area contributed by atoms with Crippen LogP contribution in [0.4, 0.5) is 0 Å². The SMILES string of the molecule is CC[C@H](C)[C@H](NC(=O)[C@@H](NC(=O)[C@H](CC(C)C)NC(=O)[C@H](CCC(=O)O)NC(=O)[C@H](CC(N)=O)NC(=O)[C@@H](N)CCCN=C(N)N)C(C)C)C(=O)N[C@@H](CCCN=C(N)N)C(=O)O. The molecule has 0 aromatic heterocycles. The number of nitrogens with one attached hydrogen (secondary N) is 6. The summed E-state index contributed by atoms with van der Waals surface area (Å²) in [5.41, 5.74) is 32.5. The number of hydrogen-bond acceptors (Lipinski definition) is 12. The van der Waals surface area contributed by atoms with Crippen LogP contribution in [0.2, 0.25) is 0 Å². The lowest BCUT2D eigenvalue weighted by atomic mass is 9.95. The highest BCUT2D eigenvalue weighted by atomic mass is 16.4. The van der Waals surface area contributed by atoms with Gasteiger partial charge in [-0.1, -0.05) is 48.0 Å². The van der Waals surface area contributed by atoms with Crippen molar-refractivity contribution < 1.29 is 53.4 Å². The van der Waals surface area contributed by atoms with Crippen LogP contribution in [-0.2, 0) is 43.2 Å². The average Bonchev–Trinajstić information content (AvgIpc) is 3.17. The molecule has 20 N–H and O–H groups in total. The van der Waals surface area contributed by atoms with Crippen LogP contribution < -0.4 is 66.3 Å². The van der Waals surface area contributed by atoms with Crippen LogP contribution in [0, 0.1) is 17.8 Å². The number of carboxylic acid groups (broad SMARTS) is 2. The molecular formula is C38H70N14O11. The van der Waals surface area contributed by atoms with Crippen molar-refractivity contribution in [2.24, 2.45) is 62.1 Å². The third kappa shape index (κ3) is 23.5. The van der Waals surface area contributed by atoms with E-state index in [2.05, 4.69) is 41.9 Å². The van der Waals surface area contributed by atoms with Crippen molar-refractivity contribution in [1.29, 1.82) is 0 Å². The van der Waals surface area contributed by atoms with E-state index in [-0.39, 0.29) is 56.6 Å². The van der Waals surface area contributed by atoms with Gasteiger partial charge in [-0.25, -0.2) is 4.79 Å². The molecule has 358 valence electrons. The topological polar surface area (TPSA) is 447 Å². The second-order valence-electron chi connectivity index (χ2n) is 15.9. The summed E-state index contributed by atoms with van der Waals surface area (Å²) in [6.45, 7) is 10.4. The summed E-state index contributed by atoms with van der Waals surface area (Å²) >= 11 is 0. The van der Waals surface area contributed by atoms with E-state index >= 15 is 0 Å². The number of aliphatic imine (C=N–C) groups is 2. The number of guanidine groups is 2. The van der Waals surface area contributed by atoms with E-state index in [1.807, 2.05) is 0 Å². The van der Waals surface area contributed by atoms with Crippen molar-refractivity contribution in [1.82, 2.24) is 31.9 Å². The van der Waals surface area contributed by atoms with Gasteiger partial charge in [-0.05, 0) is 56.3 Å². The van der Waals surface area contributed by atoms with Crippen molar-refractivity contribution in [2.45, 2.75) is 142 Å². The predicted octanol–water partition coefficient (Wildman–Crippen LogP) is -4.10. The Bertz CT molecular complexity index is 1630. The lowest BCUT2D eigenvalue weighted by Crippen LogP contribution is -2.61. The first-order valence-corrected chi connectivity index (χ1v) is 20.7. The smallest absolute Gasteiger partial charge is 0.326 e. The van der Waals surface area contributed by atoms with E-state index in [9.17, 15) is 53.4 Å². The molecule has 0 spiro atoms. The minimum absolute atomic E-state index is 0.00267. The summed E-state index contributed by atoms with van der Waals surface area (Å²) < 4.78 is 0. The summed E-state index contributed by atoms with van der Waals surface area (Å²) in [7, 11) is 0. The van der Waals surface area contributed by atoms with Crippen LogP contribution in [0.15, 0.2) is 9.98 Å². The zero-order valence-corrected chi connectivity index (χ0v) is 37.0. The quantitative estimate of drug-likeness (QED) is 0.0179. The highest BCUT2D eigenvalue weighted by Crippen LogP contribution is 2.13. The van der Waals surface area contributed by atoms with Crippen LogP contribution >= 0.6 is 0 Å². The maximum Gasteiger partial charge on any atom is 0.326 e. The van der Waals surface area contributed by atoms with Gasteiger partial charge in [0, 0.05) is 19.5 Å². The molecule has 0 bridgehead atoms. The standard InChI is InChI=1S/C38H70N14O11/c1-7-20(6)29(35(61)48-23(36(62)63)11-9-15-46-38(43)44)52-34(60)28(19(4)5)51-33(59)24(16-18(2)3)50-31(57)22(12-13-27(54)55)47-32(58)25(17-26(40)53)49-30(56)21(39)10-8-14-45-37(41)42/h18-25,28-29H,7-17,39H2,1-6H3,(H2,40,53)(H,47,58)(H,48,61)(H,49,56)(H,50,57)(H,51,59)(H,52,60)(H,54,55)(H,62,63)(H4,41,42,45)(H4,43,44,46)/t20-,21-,22-,23-,24-,25-,28-,29-/m0/s1. The van der Waals surface area contributed by atoms with Gasteiger partial charge in [0.25, 0.3) is 0 Å². The molecule has 0 radical (unpaired) electrons. The van der Waals surface area contributed by atoms with Crippen molar-refractivity contribution in [2.75, 3.05) is 13.1 Å². The molecular weight excluding hydrogens is 829 g/mol. The van der Waals surface area contributed by atoms with E-state index in [0.717, 1.165) is 0 Å². The molecule has 0 aliphatic heterocycles. The molecule has 25 nitrogen and oxygen atoms in total. The Morgan fingerprint density at radius 3 is 1.49 bits per heavy atom. The molecule has 7 amide bonds. The fourth-order valence-electron chi connectivity index (χ4n) is 5.88. The van der Waals surface area contributed by atoms with E-state index in [1.165, 1.54) is 0 Å². The summed E-state index contributed by atoms with van der Waals surface area (Å²) in [4.78, 5) is 124. The highest BCUT2D eigenvalue weighted by Gasteiger charge is 2.36. The first kappa shape index (κ1) is 56.7. The van der Waals surface area contributed by atoms with Gasteiger partial charge < -0.3 is 76.5 Å². The number of rotatable bonds is 31. The molecule has 0 unspecified atom stereocenters. The first-order valence-electron chi connectivity index (χ1n) is 20.7. The second kappa shape index (κ2) is 29.1. The van der Waals surface area contributed by atoms with Crippen molar-refractivity contribution >= 4 is 65.2 Å². The number of hydrogen-bond donors (Lipinski definition) is 14. The van der Waals surface area contributed by atoms with Crippen molar-refractivity contribution in [3.05, 3.63) is 0 Å². The molecule has 0 aromatic carbocycles. The van der Waals surface area contributed by atoms with Crippen LogP contribution in [-0.4, -0.2) is 131 Å². The lowest BCUT2D eigenvalue weighted by molar-refractivity contribution is -0.143. The van der Waals surface area contributed by atoms with E-state index in [4.69, 9.17) is 34.4 Å². The summed E-state index contributed by atoms with van der Waals surface area (Å²) in [6.07, 6.45) is -0.849. The van der Waals surface area contributed by atoms with Gasteiger partial charge in [-0.2, -0.15) is 0 Å². The van der Waals surface area contributed by atoms with Gasteiger partial charge in [-0.3, -0.25) is 48.3 Å². The van der Waals surface area contributed by atoms with Crippen LogP contribution in [0.3, 0.4) is 0 Å². The number of primary amides is 1. The predicted molar refractivity (Wildman–Crippen MR) is 231 cm³/mol. The Kier molecular flexibility index (Phi) is 26.2. The van der Waals surface area contributed by atoms with Crippen molar-refractivity contribution in [3.8, 4) is 0 Å². The summed E-state index contributed by atoms with van der Waals surface area (Å²) in [5, 5.41) is 34.1. The molecule has 0 saturated heterocycles. The fourth-order valence-corrected chi connectivity index (χ4v) is 5.88. The Morgan fingerprint density at radius 1 is 0.556 bits per heavy atom. The number of nitrogens with two attached hydrogens (primary N) is 6. The lowest BCUT2D eigenvalue weighted by Gasteiger charge is -2.30. The van der Waals surface area contributed by atoms with E-state index < -0.39 is 127 Å². The van der Waals surface area contributed by atoms with Gasteiger partial charge in [0.2, 0.25) is 41.4 Å². The minimum atomic E-state index is -1.63. The zero-order chi connectivity index (χ0) is 48.6. The number of carbonyl (C=O) groups is 9. The van der Waals surface area contributed by atoms with Gasteiger partial charge in [0.15, 0.2) is 11.9 Å². The van der Waals surface area contributed by atoms with Gasteiger partial charge in [-0.15, -0.1) is 0 Å². The third-order valence-corrected chi connectivity index (χ3v) is 9.56. The minimum Gasteiger partial charge on any atom is -0.481 e. The van der Waals surface area contributed by atoms with Crippen LogP contribution in [0.1, 0.15) is 99.3 Å². The Hall–Kier alpha value is -6.27. The largest absolute Gasteiger partial charge is 0.481 e. The molecule has 0 saturated carbocycles. The number of carboxylic acids is 2. The molecule has 0 rings (SSSR count). The Labute approximate surface area is 366 Å². The maximum absolute atomic E-state index is 13.9. The van der Waals surface area contributed by atoms with Gasteiger partial charge in [0.05, 0.1) is 12.5 Å². The molecule has 0 aliphatic carbocycles. The third-order valence-electron chi connectivity index (χ3n) is 9.56. The molecule has 0 heterocycles. The van der Waals surface area contributed by atoms with E-state index in [0.29, 0.717) is 12.8 Å².